The highest BCUT2D eigenvalue weighted by atomic mass is 79.9. The van der Waals surface area contributed by atoms with E-state index in [1.807, 2.05) is 0 Å². The first kappa shape index (κ1) is 17.6. The summed E-state index contributed by atoms with van der Waals surface area (Å²) in [4.78, 5) is 22.4. The predicted molar refractivity (Wildman–Crippen MR) is 86.1 cm³/mol. The van der Waals surface area contributed by atoms with Crippen molar-refractivity contribution in [3.63, 3.8) is 0 Å². The van der Waals surface area contributed by atoms with Gasteiger partial charge in [0.2, 0.25) is 5.91 Å². The highest BCUT2D eigenvalue weighted by Gasteiger charge is 2.20. The van der Waals surface area contributed by atoms with E-state index in [9.17, 15) is 14.9 Å². The lowest BCUT2D eigenvalue weighted by Crippen LogP contribution is -2.21. The average molecular weight is 358 g/mol. The van der Waals surface area contributed by atoms with Crippen LogP contribution in [0.25, 0.3) is 0 Å². The Morgan fingerprint density at radius 2 is 2.10 bits per heavy atom. The van der Waals surface area contributed by atoms with Crippen LogP contribution in [0, 0.1) is 15.5 Å². The summed E-state index contributed by atoms with van der Waals surface area (Å²) in [7, 11) is 0. The minimum absolute atomic E-state index is 0.0161. The molecule has 0 fully saturated rings. The molecule has 0 aliphatic carbocycles. The molecule has 0 saturated carbocycles. The zero-order chi connectivity index (χ0) is 16.0. The van der Waals surface area contributed by atoms with Crippen LogP contribution >= 0.6 is 15.9 Å². The molecule has 0 heterocycles. The summed E-state index contributed by atoms with van der Waals surface area (Å²) in [6.45, 7) is 4.68. The largest absolute Gasteiger partial charge is 0.330 e. The predicted octanol–water partition coefficient (Wildman–Crippen LogP) is 3.45. The molecule has 0 aliphatic rings. The fourth-order valence-electron chi connectivity index (χ4n) is 1.94. The van der Waals surface area contributed by atoms with Gasteiger partial charge in [-0.2, -0.15) is 0 Å². The van der Waals surface area contributed by atoms with Gasteiger partial charge >= 0.3 is 0 Å². The van der Waals surface area contributed by atoms with E-state index in [0.717, 1.165) is 6.42 Å². The Balaban J connectivity index is 2.69. The standard InChI is InChI=1S/C14H20BrN3O3/c1-14(2,7-8-16)6-5-13(19)17-11-4-3-10(15)9-12(11)18(20)21/h3-4,9H,5-8,16H2,1-2H3,(H,17,19). The van der Waals surface area contributed by atoms with Crippen LogP contribution in [0.5, 0.6) is 0 Å². The SMILES string of the molecule is CC(C)(CCN)CCC(=O)Nc1ccc(Br)cc1[N+](=O)[O-]. The Hall–Kier alpha value is -1.47. The minimum atomic E-state index is -0.515. The van der Waals surface area contributed by atoms with E-state index in [-0.39, 0.29) is 22.7 Å². The number of nitrogens with two attached hydrogens (primary N) is 1. The molecule has 116 valence electrons. The van der Waals surface area contributed by atoms with Crippen molar-refractivity contribution in [3.05, 3.63) is 32.8 Å². The van der Waals surface area contributed by atoms with Gasteiger partial charge in [-0.3, -0.25) is 14.9 Å². The van der Waals surface area contributed by atoms with Crippen LogP contribution in [0.3, 0.4) is 0 Å². The highest BCUT2D eigenvalue weighted by molar-refractivity contribution is 9.10. The number of benzene rings is 1. The van der Waals surface area contributed by atoms with Crippen molar-refractivity contribution >= 4 is 33.2 Å². The van der Waals surface area contributed by atoms with Crippen LogP contribution in [-0.2, 0) is 4.79 Å². The van der Waals surface area contributed by atoms with Crippen LogP contribution in [-0.4, -0.2) is 17.4 Å². The van der Waals surface area contributed by atoms with Crippen molar-refractivity contribution in [1.82, 2.24) is 0 Å². The van der Waals surface area contributed by atoms with Gasteiger partial charge in [0.15, 0.2) is 0 Å². The summed E-state index contributed by atoms with van der Waals surface area (Å²) in [5, 5.41) is 13.6. The summed E-state index contributed by atoms with van der Waals surface area (Å²) in [6, 6.07) is 4.54. The molecule has 1 amide bonds. The first-order chi connectivity index (χ1) is 9.75. The number of rotatable bonds is 7. The lowest BCUT2D eigenvalue weighted by molar-refractivity contribution is -0.384. The van der Waals surface area contributed by atoms with Crippen molar-refractivity contribution in [2.45, 2.75) is 33.1 Å². The molecule has 0 aliphatic heterocycles. The smallest absolute Gasteiger partial charge is 0.293 e. The molecule has 0 aromatic heterocycles. The number of nitro benzene ring substituents is 1. The Bertz CT molecular complexity index is 532. The lowest BCUT2D eigenvalue weighted by atomic mass is 9.84. The van der Waals surface area contributed by atoms with Gasteiger partial charge in [0.05, 0.1) is 4.92 Å². The van der Waals surface area contributed by atoms with Gasteiger partial charge < -0.3 is 11.1 Å². The van der Waals surface area contributed by atoms with Gasteiger partial charge in [-0.1, -0.05) is 29.8 Å². The number of nitro groups is 1. The topological polar surface area (TPSA) is 98.3 Å². The Labute approximate surface area is 132 Å². The maximum Gasteiger partial charge on any atom is 0.293 e. The number of carbonyl (C=O) groups is 1. The Morgan fingerprint density at radius 1 is 1.43 bits per heavy atom. The van der Waals surface area contributed by atoms with Crippen LogP contribution in [0.4, 0.5) is 11.4 Å². The third-order valence-electron chi connectivity index (χ3n) is 3.28. The summed E-state index contributed by atoms with van der Waals surface area (Å²) in [5.74, 6) is -0.231. The van der Waals surface area contributed by atoms with Crippen LogP contribution in [0.15, 0.2) is 22.7 Å². The molecule has 7 heteroatoms. The van der Waals surface area contributed by atoms with Crippen LogP contribution in [0.1, 0.15) is 33.1 Å². The van der Waals surface area contributed by atoms with E-state index in [0.29, 0.717) is 23.9 Å². The molecule has 0 spiro atoms. The number of hydrogen-bond donors (Lipinski definition) is 2. The molecule has 6 nitrogen and oxygen atoms in total. The lowest BCUT2D eigenvalue weighted by Gasteiger charge is -2.23. The molecule has 0 saturated heterocycles. The molecule has 3 N–H and O–H groups in total. The molecule has 1 aromatic carbocycles. The molecular formula is C14H20BrN3O3. The number of amides is 1. The number of halogens is 1. The zero-order valence-electron chi connectivity index (χ0n) is 12.2. The van der Waals surface area contributed by atoms with Gasteiger partial charge in [0.1, 0.15) is 5.69 Å². The van der Waals surface area contributed by atoms with E-state index in [4.69, 9.17) is 5.73 Å². The fourth-order valence-corrected chi connectivity index (χ4v) is 2.29. The Morgan fingerprint density at radius 3 is 2.67 bits per heavy atom. The zero-order valence-corrected chi connectivity index (χ0v) is 13.8. The normalized spacial score (nSPS) is 11.2. The number of anilines is 1. The van der Waals surface area contributed by atoms with Crippen LogP contribution in [0.2, 0.25) is 0 Å². The second-order valence-corrected chi connectivity index (χ2v) is 6.59. The summed E-state index contributed by atoms with van der Waals surface area (Å²) < 4.78 is 0.594. The summed E-state index contributed by atoms with van der Waals surface area (Å²) in [6.07, 6.45) is 1.82. The highest BCUT2D eigenvalue weighted by Crippen LogP contribution is 2.29. The number of nitrogens with zero attached hydrogens (tertiary/aromatic N) is 1. The van der Waals surface area contributed by atoms with Gasteiger partial charge in [-0.05, 0) is 36.9 Å². The number of hydrogen-bond acceptors (Lipinski definition) is 4. The van der Waals surface area contributed by atoms with Gasteiger partial charge in [0, 0.05) is 17.0 Å². The molecule has 21 heavy (non-hydrogen) atoms. The molecule has 0 bridgehead atoms. The van der Waals surface area contributed by atoms with Crippen molar-refractivity contribution in [2.24, 2.45) is 11.1 Å². The Kier molecular flexibility index (Phi) is 6.29. The van der Waals surface area contributed by atoms with Crippen molar-refractivity contribution in [1.29, 1.82) is 0 Å². The summed E-state index contributed by atoms with van der Waals surface area (Å²) in [5.41, 5.74) is 5.60. The average Bonchev–Trinajstić information content (AvgIpc) is 2.38. The van der Waals surface area contributed by atoms with E-state index in [1.165, 1.54) is 12.1 Å². The third-order valence-corrected chi connectivity index (χ3v) is 3.77. The first-order valence-electron chi connectivity index (χ1n) is 6.69. The molecule has 0 atom stereocenters. The van der Waals surface area contributed by atoms with Crippen molar-refractivity contribution < 1.29 is 9.72 Å². The van der Waals surface area contributed by atoms with Crippen LogP contribution < -0.4 is 11.1 Å². The molecular weight excluding hydrogens is 338 g/mol. The third kappa shape index (κ3) is 5.81. The van der Waals surface area contributed by atoms with E-state index in [2.05, 4.69) is 35.1 Å². The minimum Gasteiger partial charge on any atom is -0.330 e. The second-order valence-electron chi connectivity index (χ2n) is 5.67. The van der Waals surface area contributed by atoms with E-state index < -0.39 is 4.92 Å². The maximum atomic E-state index is 11.9. The van der Waals surface area contributed by atoms with E-state index in [1.54, 1.807) is 6.07 Å². The number of nitrogens with one attached hydrogen (secondary N) is 1. The van der Waals surface area contributed by atoms with Gasteiger partial charge in [-0.25, -0.2) is 0 Å². The van der Waals surface area contributed by atoms with Crippen molar-refractivity contribution in [2.75, 3.05) is 11.9 Å². The van der Waals surface area contributed by atoms with Gasteiger partial charge in [0.25, 0.3) is 5.69 Å². The van der Waals surface area contributed by atoms with Crippen molar-refractivity contribution in [3.8, 4) is 0 Å². The first-order valence-corrected chi connectivity index (χ1v) is 7.48. The molecule has 1 aromatic rings. The maximum absolute atomic E-state index is 11.9. The van der Waals surface area contributed by atoms with E-state index >= 15 is 0 Å². The number of carbonyl (C=O) groups excluding carboxylic acids is 1. The molecule has 0 radical (unpaired) electrons. The van der Waals surface area contributed by atoms with Gasteiger partial charge in [-0.15, -0.1) is 0 Å². The summed E-state index contributed by atoms with van der Waals surface area (Å²) >= 11 is 3.18. The quantitative estimate of drug-likeness (QED) is 0.576. The fraction of sp³-hybridized carbons (Fsp3) is 0.500. The molecule has 0 unspecified atom stereocenters. The second kappa shape index (κ2) is 7.51. The monoisotopic (exact) mass is 357 g/mol. The molecule has 1 rings (SSSR count).